The first kappa shape index (κ1) is 22.9. The van der Waals surface area contributed by atoms with Gasteiger partial charge in [0.1, 0.15) is 5.60 Å². The first-order chi connectivity index (χ1) is 15.8. The number of carbonyl (C=O) groups excluding carboxylic acids is 2. The molecule has 1 aliphatic rings. The van der Waals surface area contributed by atoms with Crippen LogP contribution in [-0.2, 0) is 26.7 Å². The number of nitrogens with one attached hydrogen (secondary N) is 1. The molecule has 0 radical (unpaired) electrons. The number of benzene rings is 3. The van der Waals surface area contributed by atoms with Crippen molar-refractivity contribution in [1.82, 2.24) is 5.32 Å². The zero-order valence-electron chi connectivity index (χ0n) is 19.1. The lowest BCUT2D eigenvalue weighted by atomic mass is 10.1. The summed E-state index contributed by atoms with van der Waals surface area (Å²) in [7, 11) is 0. The fourth-order valence-corrected chi connectivity index (χ4v) is 5.15. The number of rotatable bonds is 6. The van der Waals surface area contributed by atoms with Crippen LogP contribution in [0.4, 0.5) is 10.5 Å². The molecule has 0 saturated heterocycles. The van der Waals surface area contributed by atoms with Gasteiger partial charge >= 0.3 is 6.09 Å². The Morgan fingerprint density at radius 2 is 1.48 bits per heavy atom. The van der Waals surface area contributed by atoms with Crippen molar-refractivity contribution in [1.29, 1.82) is 0 Å². The van der Waals surface area contributed by atoms with Crippen LogP contribution >= 0.6 is 11.8 Å². The van der Waals surface area contributed by atoms with Crippen molar-refractivity contribution in [3.8, 4) is 0 Å². The first-order valence-electron chi connectivity index (χ1n) is 10.9. The number of para-hydroxylation sites is 1. The fraction of sp³-hybridized carbons (Fsp3) is 0.259. The van der Waals surface area contributed by atoms with Gasteiger partial charge < -0.3 is 9.64 Å². The molecule has 4 rings (SSSR count). The standard InChI is InChI=1S/C27H28N2O3S/c1-26(2,3)32-25(31)28-27(33-19-21-14-8-5-9-15-21)22-16-10-11-17-23(22)29(24(27)30)18-20-12-6-4-7-13-20/h4-17H,18-19H2,1-3H3,(H,28,31)/t27-/m1/s1. The van der Waals surface area contributed by atoms with Gasteiger partial charge in [-0.05, 0) is 38.0 Å². The SMILES string of the molecule is CC(C)(C)OC(=O)N[C@]1(SCc2ccccc2)C(=O)N(Cc2ccccc2)c2ccccc21. The smallest absolute Gasteiger partial charge is 0.409 e. The molecule has 0 spiro atoms. The van der Waals surface area contributed by atoms with Gasteiger partial charge in [0.05, 0.1) is 12.2 Å². The Morgan fingerprint density at radius 3 is 2.12 bits per heavy atom. The average molecular weight is 461 g/mol. The summed E-state index contributed by atoms with van der Waals surface area (Å²) >= 11 is 1.40. The summed E-state index contributed by atoms with van der Waals surface area (Å²) in [4.78, 5) is 27.4. The summed E-state index contributed by atoms with van der Waals surface area (Å²) in [5.74, 6) is 0.370. The number of anilines is 1. The van der Waals surface area contributed by atoms with E-state index in [1.165, 1.54) is 11.8 Å². The lowest BCUT2D eigenvalue weighted by Gasteiger charge is -2.31. The van der Waals surface area contributed by atoms with E-state index in [2.05, 4.69) is 5.32 Å². The van der Waals surface area contributed by atoms with E-state index in [0.717, 1.165) is 22.4 Å². The molecule has 170 valence electrons. The number of hydrogen-bond donors (Lipinski definition) is 1. The molecule has 0 saturated carbocycles. The number of nitrogens with zero attached hydrogens (tertiary/aromatic N) is 1. The first-order valence-corrected chi connectivity index (χ1v) is 11.9. The van der Waals surface area contributed by atoms with Gasteiger partial charge in [-0.1, -0.05) is 78.9 Å². The van der Waals surface area contributed by atoms with Gasteiger partial charge in [-0.3, -0.25) is 10.1 Å². The van der Waals surface area contributed by atoms with E-state index < -0.39 is 16.6 Å². The minimum Gasteiger partial charge on any atom is -0.444 e. The lowest BCUT2D eigenvalue weighted by Crippen LogP contribution is -2.52. The Morgan fingerprint density at radius 1 is 0.909 bits per heavy atom. The van der Waals surface area contributed by atoms with Crippen LogP contribution in [0.15, 0.2) is 84.9 Å². The lowest BCUT2D eigenvalue weighted by molar-refractivity contribution is -0.121. The molecule has 0 fully saturated rings. The van der Waals surface area contributed by atoms with Gasteiger partial charge in [-0.25, -0.2) is 4.79 Å². The molecule has 0 bridgehead atoms. The Bertz CT molecular complexity index is 1130. The molecule has 1 aliphatic heterocycles. The summed E-state index contributed by atoms with van der Waals surface area (Å²) in [6.07, 6.45) is -0.618. The van der Waals surface area contributed by atoms with Gasteiger partial charge in [0.15, 0.2) is 4.87 Å². The van der Waals surface area contributed by atoms with Crippen LogP contribution in [0.2, 0.25) is 0 Å². The van der Waals surface area contributed by atoms with Gasteiger partial charge in [-0.2, -0.15) is 0 Å². The Kier molecular flexibility index (Phi) is 6.47. The van der Waals surface area contributed by atoms with E-state index in [0.29, 0.717) is 12.3 Å². The third-order valence-corrected chi connectivity index (χ3v) is 6.69. The quantitative estimate of drug-likeness (QED) is 0.469. The summed E-state index contributed by atoms with van der Waals surface area (Å²) in [5, 5.41) is 2.95. The molecule has 1 atom stereocenters. The second kappa shape index (κ2) is 9.32. The molecule has 1 N–H and O–H groups in total. The molecule has 2 amide bonds. The predicted molar refractivity (Wildman–Crippen MR) is 133 cm³/mol. The van der Waals surface area contributed by atoms with Crippen molar-refractivity contribution in [2.45, 2.75) is 43.5 Å². The molecular formula is C27H28N2O3S. The molecule has 1 heterocycles. The van der Waals surface area contributed by atoms with Crippen LogP contribution in [0, 0.1) is 0 Å². The number of ether oxygens (including phenoxy) is 1. The molecule has 0 aliphatic carbocycles. The average Bonchev–Trinajstić information content (AvgIpc) is 3.01. The van der Waals surface area contributed by atoms with Crippen LogP contribution < -0.4 is 10.2 Å². The van der Waals surface area contributed by atoms with Gasteiger partial charge in [-0.15, -0.1) is 11.8 Å². The minimum absolute atomic E-state index is 0.181. The highest BCUT2D eigenvalue weighted by Gasteiger charge is 2.53. The van der Waals surface area contributed by atoms with Crippen LogP contribution in [0.1, 0.15) is 37.5 Å². The van der Waals surface area contributed by atoms with Crippen LogP contribution in [0.5, 0.6) is 0 Å². The topological polar surface area (TPSA) is 58.6 Å². The monoisotopic (exact) mass is 460 g/mol. The maximum atomic E-state index is 14.0. The highest BCUT2D eigenvalue weighted by molar-refractivity contribution is 8.00. The molecule has 5 nitrogen and oxygen atoms in total. The maximum Gasteiger partial charge on any atom is 0.409 e. The van der Waals surface area contributed by atoms with Gasteiger partial charge in [0, 0.05) is 11.3 Å². The van der Waals surface area contributed by atoms with Crippen molar-refractivity contribution >= 4 is 29.4 Å². The van der Waals surface area contributed by atoms with E-state index in [4.69, 9.17) is 4.74 Å². The van der Waals surface area contributed by atoms with Crippen LogP contribution in [-0.4, -0.2) is 17.6 Å². The zero-order valence-corrected chi connectivity index (χ0v) is 19.9. The van der Waals surface area contributed by atoms with E-state index in [-0.39, 0.29) is 5.91 Å². The van der Waals surface area contributed by atoms with Crippen molar-refractivity contribution in [3.63, 3.8) is 0 Å². The number of hydrogen-bond acceptors (Lipinski definition) is 4. The Hall–Kier alpha value is -3.25. The third kappa shape index (κ3) is 5.06. The number of alkyl carbamates (subject to hydrolysis) is 1. The highest BCUT2D eigenvalue weighted by atomic mass is 32.2. The van der Waals surface area contributed by atoms with Crippen LogP contribution in [0.25, 0.3) is 0 Å². The predicted octanol–water partition coefficient (Wildman–Crippen LogP) is 5.84. The molecule has 6 heteroatoms. The number of amides is 2. The fourth-order valence-electron chi connectivity index (χ4n) is 3.85. The molecule has 0 aromatic heterocycles. The van der Waals surface area contributed by atoms with Crippen molar-refractivity contribution in [2.24, 2.45) is 0 Å². The van der Waals surface area contributed by atoms with Crippen molar-refractivity contribution < 1.29 is 14.3 Å². The second-order valence-electron chi connectivity index (χ2n) is 8.98. The highest BCUT2D eigenvalue weighted by Crippen LogP contribution is 2.48. The summed E-state index contributed by atoms with van der Waals surface area (Å²) in [6, 6.07) is 27.4. The second-order valence-corrected chi connectivity index (χ2v) is 10.2. The summed E-state index contributed by atoms with van der Waals surface area (Å²) < 4.78 is 5.56. The Balaban J connectivity index is 1.73. The summed E-state index contributed by atoms with van der Waals surface area (Å²) in [6.45, 7) is 5.84. The van der Waals surface area contributed by atoms with Gasteiger partial charge in [0.2, 0.25) is 0 Å². The maximum absolute atomic E-state index is 14.0. The number of thioether (sulfide) groups is 1. The normalized spacial score (nSPS) is 17.5. The largest absolute Gasteiger partial charge is 0.444 e. The minimum atomic E-state index is -1.29. The van der Waals surface area contributed by atoms with E-state index in [1.54, 1.807) is 4.90 Å². The summed E-state index contributed by atoms with van der Waals surface area (Å²) in [5.41, 5.74) is 2.96. The number of fused-ring (bicyclic) bond motifs is 1. The van der Waals surface area contributed by atoms with E-state index in [9.17, 15) is 9.59 Å². The zero-order chi connectivity index (χ0) is 23.5. The molecule has 3 aromatic rings. The van der Waals surface area contributed by atoms with Crippen LogP contribution in [0.3, 0.4) is 0 Å². The molecular weight excluding hydrogens is 432 g/mol. The molecule has 0 unspecified atom stereocenters. The molecule has 33 heavy (non-hydrogen) atoms. The molecule has 3 aromatic carbocycles. The van der Waals surface area contributed by atoms with E-state index >= 15 is 0 Å². The number of carbonyl (C=O) groups is 2. The third-order valence-electron chi connectivity index (χ3n) is 5.28. The Labute approximate surface area is 199 Å². The van der Waals surface area contributed by atoms with E-state index in [1.807, 2.05) is 106 Å². The van der Waals surface area contributed by atoms with Crippen molar-refractivity contribution in [3.05, 3.63) is 102 Å². The van der Waals surface area contributed by atoms with Gasteiger partial charge in [0.25, 0.3) is 5.91 Å². The van der Waals surface area contributed by atoms with Crippen molar-refractivity contribution in [2.75, 3.05) is 4.90 Å².